The van der Waals surface area contributed by atoms with Gasteiger partial charge < -0.3 is 14.5 Å². The Bertz CT molecular complexity index is 1440. The Morgan fingerprint density at radius 3 is 2.49 bits per heavy atom. The van der Waals surface area contributed by atoms with Gasteiger partial charge in [0.05, 0.1) is 7.11 Å². The van der Waals surface area contributed by atoms with Crippen LogP contribution in [-0.2, 0) is 16.1 Å². The molecule has 2 aromatic carbocycles. The number of hydrogen-bond acceptors (Lipinski definition) is 7. The maximum absolute atomic E-state index is 14.1. The van der Waals surface area contributed by atoms with Gasteiger partial charge in [0.15, 0.2) is 5.76 Å². The Morgan fingerprint density at radius 1 is 1.08 bits per heavy atom. The van der Waals surface area contributed by atoms with Gasteiger partial charge in [-0.1, -0.05) is 43.2 Å². The van der Waals surface area contributed by atoms with E-state index >= 15 is 0 Å². The van der Waals surface area contributed by atoms with Gasteiger partial charge in [0.1, 0.15) is 24.1 Å². The molecule has 0 saturated heterocycles. The summed E-state index contributed by atoms with van der Waals surface area (Å²) in [5.41, 5.74) is 2.16. The number of carbonyl (C=O) groups is 2. The minimum atomic E-state index is -0.916. The number of para-hydroxylation sites is 1. The van der Waals surface area contributed by atoms with E-state index in [1.54, 1.807) is 30.2 Å². The molecule has 1 aliphatic rings. The van der Waals surface area contributed by atoms with Gasteiger partial charge in [-0.3, -0.25) is 14.5 Å². The highest BCUT2D eigenvalue weighted by molar-refractivity contribution is 6.01. The summed E-state index contributed by atoms with van der Waals surface area (Å²) in [5, 5.41) is 15.7. The van der Waals surface area contributed by atoms with Crippen LogP contribution in [0.15, 0.2) is 65.1 Å². The lowest BCUT2D eigenvalue weighted by atomic mass is 10.0. The molecule has 2 heterocycles. The number of aromatic nitrogens is 4. The number of ether oxygens (including phenoxy) is 1. The van der Waals surface area contributed by atoms with Crippen molar-refractivity contribution in [1.29, 1.82) is 0 Å². The van der Waals surface area contributed by atoms with E-state index in [0.717, 1.165) is 37.0 Å². The number of benzene rings is 2. The molecule has 0 spiro atoms. The van der Waals surface area contributed by atoms with E-state index in [9.17, 15) is 9.59 Å². The highest BCUT2D eigenvalue weighted by Crippen LogP contribution is 2.32. The molecule has 39 heavy (non-hydrogen) atoms. The molecule has 1 N–H and O–H groups in total. The van der Waals surface area contributed by atoms with Crippen LogP contribution >= 0.6 is 0 Å². The fraction of sp³-hybridized carbons (Fsp3) is 0.345. The van der Waals surface area contributed by atoms with Crippen LogP contribution in [0.5, 0.6) is 5.75 Å². The van der Waals surface area contributed by atoms with Crippen molar-refractivity contribution in [2.24, 2.45) is 0 Å². The maximum atomic E-state index is 14.1. The third kappa shape index (κ3) is 5.84. The first-order valence-electron chi connectivity index (χ1n) is 13.1. The molecule has 10 heteroatoms. The second-order valence-electron chi connectivity index (χ2n) is 9.77. The third-order valence-electron chi connectivity index (χ3n) is 6.97. The first kappa shape index (κ1) is 26.1. The van der Waals surface area contributed by atoms with Crippen molar-refractivity contribution in [3.63, 3.8) is 0 Å². The van der Waals surface area contributed by atoms with Gasteiger partial charge in [-0.2, -0.15) is 4.80 Å². The molecule has 5 rings (SSSR count). The second-order valence-corrected chi connectivity index (χ2v) is 9.77. The first-order valence-corrected chi connectivity index (χ1v) is 13.1. The molecule has 1 saturated carbocycles. The highest BCUT2D eigenvalue weighted by atomic mass is 16.5. The molecule has 1 aliphatic carbocycles. The second kappa shape index (κ2) is 11.5. The number of rotatable bonds is 9. The van der Waals surface area contributed by atoms with Crippen LogP contribution in [0.1, 0.15) is 48.6 Å². The van der Waals surface area contributed by atoms with Crippen LogP contribution in [0.25, 0.3) is 11.6 Å². The SMILES string of the molecule is COc1ccc(C(C(=O)NC2CCCC2)N(C(=O)Cn2nnc(-c3ccc(C)o3)n2)c2ccccc2C)cc1. The van der Waals surface area contributed by atoms with Crippen LogP contribution in [0.4, 0.5) is 5.69 Å². The van der Waals surface area contributed by atoms with Crippen LogP contribution in [0.3, 0.4) is 0 Å². The highest BCUT2D eigenvalue weighted by Gasteiger charge is 2.35. The molecule has 0 radical (unpaired) electrons. The minimum Gasteiger partial charge on any atom is -0.497 e. The van der Waals surface area contributed by atoms with E-state index in [1.165, 1.54) is 4.80 Å². The fourth-order valence-corrected chi connectivity index (χ4v) is 4.97. The summed E-state index contributed by atoms with van der Waals surface area (Å²) in [4.78, 5) is 30.8. The Morgan fingerprint density at radius 2 is 1.82 bits per heavy atom. The van der Waals surface area contributed by atoms with Crippen LogP contribution in [0, 0.1) is 13.8 Å². The van der Waals surface area contributed by atoms with Gasteiger partial charge in [-0.15, -0.1) is 10.2 Å². The number of nitrogens with zero attached hydrogens (tertiary/aromatic N) is 5. The molecule has 1 fully saturated rings. The zero-order valence-electron chi connectivity index (χ0n) is 22.3. The van der Waals surface area contributed by atoms with Crippen molar-refractivity contribution in [3.05, 3.63) is 77.6 Å². The van der Waals surface area contributed by atoms with Crippen molar-refractivity contribution in [1.82, 2.24) is 25.5 Å². The van der Waals surface area contributed by atoms with E-state index in [4.69, 9.17) is 9.15 Å². The van der Waals surface area contributed by atoms with E-state index < -0.39 is 6.04 Å². The van der Waals surface area contributed by atoms with Gasteiger partial charge in [0, 0.05) is 11.7 Å². The largest absolute Gasteiger partial charge is 0.497 e. The van der Waals surface area contributed by atoms with Crippen molar-refractivity contribution in [2.75, 3.05) is 12.0 Å². The average molecular weight is 529 g/mol. The lowest BCUT2D eigenvalue weighted by Crippen LogP contribution is -2.47. The first-order chi connectivity index (χ1) is 18.9. The van der Waals surface area contributed by atoms with Crippen LogP contribution in [-0.4, -0.2) is 45.2 Å². The third-order valence-corrected chi connectivity index (χ3v) is 6.97. The smallest absolute Gasteiger partial charge is 0.251 e. The standard InChI is InChI=1S/C29H32N6O4/c1-19-8-4-7-11-24(19)35(26(36)18-34-32-28(31-33-34)25-17-12-20(2)39-25)27(21-13-15-23(38-3)16-14-21)29(37)30-22-9-5-6-10-22/h4,7-8,11-17,22,27H,5-6,9-10,18H2,1-3H3,(H,30,37). The predicted molar refractivity (Wildman–Crippen MR) is 145 cm³/mol. The fourth-order valence-electron chi connectivity index (χ4n) is 4.97. The Kier molecular flexibility index (Phi) is 7.72. The number of aryl methyl sites for hydroxylation is 2. The summed E-state index contributed by atoms with van der Waals surface area (Å²) in [5.74, 6) is 1.54. The molecule has 1 unspecified atom stereocenters. The van der Waals surface area contributed by atoms with Gasteiger partial charge in [-0.25, -0.2) is 0 Å². The number of hydrogen-bond donors (Lipinski definition) is 1. The van der Waals surface area contributed by atoms with Gasteiger partial charge in [0.2, 0.25) is 11.7 Å². The zero-order valence-corrected chi connectivity index (χ0v) is 22.3. The van der Waals surface area contributed by atoms with Gasteiger partial charge in [0.25, 0.3) is 5.91 Å². The maximum Gasteiger partial charge on any atom is 0.251 e. The molecule has 2 aromatic heterocycles. The van der Waals surface area contributed by atoms with E-state index in [0.29, 0.717) is 22.8 Å². The number of tetrazole rings is 1. The molecule has 10 nitrogen and oxygen atoms in total. The number of methoxy groups -OCH3 is 1. The summed E-state index contributed by atoms with van der Waals surface area (Å²) in [7, 11) is 1.59. The molecule has 202 valence electrons. The Balaban J connectivity index is 1.52. The van der Waals surface area contributed by atoms with Crippen molar-refractivity contribution in [3.8, 4) is 17.3 Å². The van der Waals surface area contributed by atoms with Crippen molar-refractivity contribution < 1.29 is 18.7 Å². The monoisotopic (exact) mass is 528 g/mol. The summed E-state index contributed by atoms with van der Waals surface area (Å²) >= 11 is 0. The minimum absolute atomic E-state index is 0.0864. The van der Waals surface area contributed by atoms with E-state index in [2.05, 4.69) is 20.7 Å². The quantitative estimate of drug-likeness (QED) is 0.343. The lowest BCUT2D eigenvalue weighted by Gasteiger charge is -2.33. The summed E-state index contributed by atoms with van der Waals surface area (Å²) < 4.78 is 10.9. The lowest BCUT2D eigenvalue weighted by molar-refractivity contribution is -0.127. The Hall–Kier alpha value is -4.47. The Labute approximate surface area is 227 Å². The summed E-state index contributed by atoms with van der Waals surface area (Å²) in [6.07, 6.45) is 4.01. The van der Waals surface area contributed by atoms with Crippen molar-refractivity contribution in [2.45, 2.75) is 58.2 Å². The van der Waals surface area contributed by atoms with E-state index in [1.807, 2.05) is 56.3 Å². The molecular formula is C29H32N6O4. The normalized spacial score (nSPS) is 14.2. The molecule has 2 amide bonds. The summed E-state index contributed by atoms with van der Waals surface area (Å²) in [6.45, 7) is 3.53. The topological polar surface area (TPSA) is 115 Å². The number of furan rings is 1. The molecule has 4 aromatic rings. The van der Waals surface area contributed by atoms with Crippen LogP contribution in [0.2, 0.25) is 0 Å². The number of anilines is 1. The zero-order chi connectivity index (χ0) is 27.4. The van der Waals surface area contributed by atoms with Crippen molar-refractivity contribution >= 4 is 17.5 Å². The molecule has 0 aliphatic heterocycles. The van der Waals surface area contributed by atoms with Gasteiger partial charge >= 0.3 is 0 Å². The molecule has 1 atom stereocenters. The number of nitrogens with one attached hydrogen (secondary N) is 1. The molecular weight excluding hydrogens is 496 g/mol. The van der Waals surface area contributed by atoms with Crippen LogP contribution < -0.4 is 15.0 Å². The van der Waals surface area contributed by atoms with E-state index in [-0.39, 0.29) is 30.2 Å². The molecule has 0 bridgehead atoms. The average Bonchev–Trinajstić information content (AvgIpc) is 3.71. The predicted octanol–water partition coefficient (Wildman–Crippen LogP) is 4.39. The number of carbonyl (C=O) groups excluding carboxylic acids is 2. The number of amides is 2. The summed E-state index contributed by atoms with van der Waals surface area (Å²) in [6, 6.07) is 17.5. The van der Waals surface area contributed by atoms with Gasteiger partial charge in [-0.05, 0) is 73.4 Å².